The zero-order valence-corrected chi connectivity index (χ0v) is 9.09. The summed E-state index contributed by atoms with van der Waals surface area (Å²) in [7, 11) is 0. The van der Waals surface area contributed by atoms with Crippen LogP contribution in [0, 0.1) is 0 Å². The zero-order chi connectivity index (χ0) is 12.3. The molecule has 0 spiro atoms. The highest BCUT2D eigenvalue weighted by molar-refractivity contribution is 6.03. The third-order valence-electron chi connectivity index (χ3n) is 2.44. The molecule has 7 nitrogen and oxygen atoms in total. The lowest BCUT2D eigenvalue weighted by Gasteiger charge is -2.16. The maximum atomic E-state index is 11.5. The van der Waals surface area contributed by atoms with Gasteiger partial charge in [-0.05, 0) is 19.8 Å². The molecule has 0 bridgehead atoms. The first-order valence-electron chi connectivity index (χ1n) is 5.06. The lowest BCUT2D eigenvalue weighted by Crippen LogP contribution is -2.40. The monoisotopic (exact) mass is 228 g/mol. The van der Waals surface area contributed by atoms with Crippen molar-refractivity contribution >= 4 is 17.8 Å². The van der Waals surface area contributed by atoms with E-state index in [1.807, 2.05) is 0 Å². The standard InChI is InChI=1S/C9H16N4O3/c1-5-7(14)13(9(11)12-5)4-2-3-6(10)8(15)16/h5-6H,2-4,10H2,1H3,(H2,11,12)(H,15,16)/t5?,6-/m0/s1. The molecule has 7 heteroatoms. The predicted molar refractivity (Wildman–Crippen MR) is 57.6 cm³/mol. The number of hydrogen-bond donors (Lipinski definition) is 3. The minimum atomic E-state index is -1.04. The van der Waals surface area contributed by atoms with E-state index in [0.29, 0.717) is 19.4 Å². The number of amides is 1. The number of rotatable bonds is 5. The number of carboxylic acids is 1. The van der Waals surface area contributed by atoms with E-state index in [1.165, 1.54) is 4.90 Å². The Bertz CT molecular complexity index is 329. The van der Waals surface area contributed by atoms with E-state index in [2.05, 4.69) is 4.99 Å². The number of carbonyl (C=O) groups is 2. The first-order chi connectivity index (χ1) is 7.43. The van der Waals surface area contributed by atoms with Crippen LogP contribution >= 0.6 is 0 Å². The number of aliphatic imine (C=N–C) groups is 1. The molecule has 16 heavy (non-hydrogen) atoms. The smallest absolute Gasteiger partial charge is 0.320 e. The summed E-state index contributed by atoms with van der Waals surface area (Å²) in [5.74, 6) is -0.995. The first kappa shape index (κ1) is 12.4. The number of aliphatic carboxylic acids is 1. The van der Waals surface area contributed by atoms with Gasteiger partial charge in [-0.1, -0.05) is 0 Å². The van der Waals surface area contributed by atoms with Gasteiger partial charge in [0.2, 0.25) is 0 Å². The molecule has 90 valence electrons. The third kappa shape index (κ3) is 2.69. The quantitative estimate of drug-likeness (QED) is 0.541. The first-order valence-corrected chi connectivity index (χ1v) is 5.06. The molecule has 0 aromatic carbocycles. The number of nitrogens with zero attached hydrogens (tertiary/aromatic N) is 2. The summed E-state index contributed by atoms with van der Waals surface area (Å²) >= 11 is 0. The van der Waals surface area contributed by atoms with Crippen molar-refractivity contribution in [1.29, 1.82) is 0 Å². The van der Waals surface area contributed by atoms with Crippen molar-refractivity contribution in [3.8, 4) is 0 Å². The van der Waals surface area contributed by atoms with E-state index in [1.54, 1.807) is 6.92 Å². The maximum Gasteiger partial charge on any atom is 0.320 e. The molecule has 2 atom stereocenters. The average Bonchev–Trinajstić information content (AvgIpc) is 2.44. The van der Waals surface area contributed by atoms with Crippen LogP contribution in [0.1, 0.15) is 19.8 Å². The van der Waals surface area contributed by atoms with Crippen molar-refractivity contribution in [3.05, 3.63) is 0 Å². The number of carboxylic acid groups (broad SMARTS) is 1. The van der Waals surface area contributed by atoms with Crippen LogP contribution < -0.4 is 11.5 Å². The lowest BCUT2D eigenvalue weighted by atomic mass is 10.1. The fourth-order valence-corrected chi connectivity index (χ4v) is 1.48. The van der Waals surface area contributed by atoms with E-state index in [9.17, 15) is 9.59 Å². The molecule has 5 N–H and O–H groups in total. The van der Waals surface area contributed by atoms with Crippen molar-refractivity contribution in [2.75, 3.05) is 6.54 Å². The molecule has 1 aliphatic heterocycles. The van der Waals surface area contributed by atoms with Gasteiger partial charge in [0.05, 0.1) is 0 Å². The second-order valence-electron chi connectivity index (χ2n) is 3.74. The summed E-state index contributed by atoms with van der Waals surface area (Å²) in [6.45, 7) is 2.03. The van der Waals surface area contributed by atoms with Crippen molar-refractivity contribution in [2.24, 2.45) is 16.5 Å². The number of guanidine groups is 1. The summed E-state index contributed by atoms with van der Waals surface area (Å²) in [6.07, 6.45) is 0.795. The van der Waals surface area contributed by atoms with Gasteiger partial charge in [0.15, 0.2) is 5.96 Å². The van der Waals surface area contributed by atoms with Gasteiger partial charge in [-0.3, -0.25) is 14.5 Å². The second kappa shape index (κ2) is 4.93. The number of nitrogens with two attached hydrogens (primary N) is 2. The third-order valence-corrected chi connectivity index (χ3v) is 2.44. The molecule has 0 aromatic rings. The summed E-state index contributed by atoms with van der Waals surface area (Å²) < 4.78 is 0. The van der Waals surface area contributed by atoms with Crippen LogP contribution in [0.25, 0.3) is 0 Å². The molecule has 0 saturated heterocycles. The summed E-state index contributed by atoms with van der Waals surface area (Å²) in [5, 5.41) is 8.57. The highest BCUT2D eigenvalue weighted by Crippen LogP contribution is 2.09. The molecule has 0 fully saturated rings. The van der Waals surface area contributed by atoms with Crippen LogP contribution in [-0.4, -0.2) is 46.5 Å². The van der Waals surface area contributed by atoms with Crippen LogP contribution in [0.4, 0.5) is 0 Å². The van der Waals surface area contributed by atoms with Crippen molar-refractivity contribution in [1.82, 2.24) is 4.90 Å². The van der Waals surface area contributed by atoms with Gasteiger partial charge in [0, 0.05) is 6.54 Å². The van der Waals surface area contributed by atoms with Gasteiger partial charge >= 0.3 is 5.97 Å². The summed E-state index contributed by atoms with van der Waals surface area (Å²) in [4.78, 5) is 27.2. The van der Waals surface area contributed by atoms with Crippen LogP contribution in [0.3, 0.4) is 0 Å². The van der Waals surface area contributed by atoms with Gasteiger partial charge in [-0.15, -0.1) is 0 Å². The zero-order valence-electron chi connectivity index (χ0n) is 9.09. The fourth-order valence-electron chi connectivity index (χ4n) is 1.48. The van der Waals surface area contributed by atoms with Crippen molar-refractivity contribution in [2.45, 2.75) is 31.8 Å². The molecule has 1 unspecified atom stereocenters. The molecule has 0 aliphatic carbocycles. The van der Waals surface area contributed by atoms with E-state index < -0.39 is 18.1 Å². The number of carbonyl (C=O) groups excluding carboxylic acids is 1. The van der Waals surface area contributed by atoms with Gasteiger partial charge in [-0.25, -0.2) is 4.99 Å². The summed E-state index contributed by atoms with van der Waals surface area (Å²) in [5.41, 5.74) is 10.9. The van der Waals surface area contributed by atoms with E-state index >= 15 is 0 Å². The highest BCUT2D eigenvalue weighted by Gasteiger charge is 2.29. The minimum absolute atomic E-state index is 0.151. The average molecular weight is 228 g/mol. The van der Waals surface area contributed by atoms with Gasteiger partial charge in [0.1, 0.15) is 12.1 Å². The molecule has 1 amide bonds. The van der Waals surface area contributed by atoms with Gasteiger partial charge < -0.3 is 16.6 Å². The van der Waals surface area contributed by atoms with Crippen LogP contribution in [0.5, 0.6) is 0 Å². The molecule has 0 aromatic heterocycles. The highest BCUT2D eigenvalue weighted by atomic mass is 16.4. The fraction of sp³-hybridized carbons (Fsp3) is 0.667. The normalized spacial score (nSPS) is 22.1. The molecule has 1 rings (SSSR count). The Kier molecular flexibility index (Phi) is 3.83. The van der Waals surface area contributed by atoms with Crippen LogP contribution in [0.2, 0.25) is 0 Å². The lowest BCUT2D eigenvalue weighted by molar-refractivity contribution is -0.138. The van der Waals surface area contributed by atoms with Gasteiger partial charge in [-0.2, -0.15) is 0 Å². The Morgan fingerprint density at radius 1 is 1.69 bits per heavy atom. The van der Waals surface area contributed by atoms with Crippen LogP contribution in [0.15, 0.2) is 4.99 Å². The maximum absolute atomic E-state index is 11.5. The predicted octanol–water partition coefficient (Wildman–Crippen LogP) is -1.28. The summed E-state index contributed by atoms with van der Waals surface area (Å²) in [6, 6.07) is -1.33. The minimum Gasteiger partial charge on any atom is -0.480 e. The molecular formula is C9H16N4O3. The Balaban J connectivity index is 2.37. The Morgan fingerprint density at radius 2 is 2.31 bits per heavy atom. The Hall–Kier alpha value is -1.63. The molecule has 0 radical (unpaired) electrons. The number of hydrogen-bond acceptors (Lipinski definition) is 5. The van der Waals surface area contributed by atoms with Crippen LogP contribution in [-0.2, 0) is 9.59 Å². The van der Waals surface area contributed by atoms with E-state index in [-0.39, 0.29) is 11.9 Å². The molecule has 1 heterocycles. The largest absolute Gasteiger partial charge is 0.480 e. The Labute approximate surface area is 93.1 Å². The molecule has 1 aliphatic rings. The Morgan fingerprint density at radius 3 is 2.75 bits per heavy atom. The van der Waals surface area contributed by atoms with E-state index in [4.69, 9.17) is 16.6 Å². The van der Waals surface area contributed by atoms with Crippen molar-refractivity contribution in [3.63, 3.8) is 0 Å². The van der Waals surface area contributed by atoms with Gasteiger partial charge in [0.25, 0.3) is 5.91 Å². The topological polar surface area (TPSA) is 122 Å². The van der Waals surface area contributed by atoms with Crippen molar-refractivity contribution < 1.29 is 14.7 Å². The SMILES string of the molecule is CC1N=C(N)N(CCC[C@H](N)C(=O)O)C1=O. The van der Waals surface area contributed by atoms with E-state index in [0.717, 1.165) is 0 Å². The molecular weight excluding hydrogens is 212 g/mol. The molecule has 0 saturated carbocycles. The second-order valence-corrected chi connectivity index (χ2v) is 3.74.